The maximum atomic E-state index is 12.6. The Morgan fingerprint density at radius 2 is 2.14 bits per heavy atom. The molecule has 3 rings (SSSR count). The second-order valence-electron chi connectivity index (χ2n) is 5.16. The van der Waals surface area contributed by atoms with Crippen molar-refractivity contribution in [3.8, 4) is 5.75 Å². The van der Waals surface area contributed by atoms with Gasteiger partial charge < -0.3 is 10.5 Å². The molecule has 1 aliphatic rings. The highest BCUT2D eigenvalue weighted by atomic mass is 35.5. The molecule has 1 atom stereocenters. The fraction of sp³-hybridized carbons (Fsp3) is 0.250. The fourth-order valence-corrected chi connectivity index (χ4v) is 3.92. The van der Waals surface area contributed by atoms with Gasteiger partial charge in [-0.05, 0) is 48.4 Å². The van der Waals surface area contributed by atoms with Crippen LogP contribution in [0, 0.1) is 6.92 Å². The van der Waals surface area contributed by atoms with Gasteiger partial charge in [-0.2, -0.15) is 0 Å². The lowest BCUT2D eigenvalue weighted by molar-refractivity contribution is 0.354. The molecule has 21 heavy (non-hydrogen) atoms. The highest BCUT2D eigenvalue weighted by molar-refractivity contribution is 7.84. The van der Waals surface area contributed by atoms with Gasteiger partial charge in [0.2, 0.25) is 0 Å². The first-order valence-corrected chi connectivity index (χ1v) is 8.43. The maximum absolute atomic E-state index is 12.6. The molecule has 0 amide bonds. The first-order chi connectivity index (χ1) is 10.0. The zero-order valence-corrected chi connectivity index (χ0v) is 13.3. The highest BCUT2D eigenvalue weighted by Gasteiger charge is 2.19. The van der Waals surface area contributed by atoms with Gasteiger partial charge in [-0.3, -0.25) is 4.21 Å². The molecule has 1 heterocycles. The molecule has 0 aliphatic carbocycles. The number of anilines is 1. The molecule has 0 aromatic heterocycles. The van der Waals surface area contributed by atoms with Gasteiger partial charge in [-0.1, -0.05) is 11.6 Å². The van der Waals surface area contributed by atoms with E-state index in [-0.39, 0.29) is 0 Å². The van der Waals surface area contributed by atoms with Crippen molar-refractivity contribution in [1.82, 2.24) is 0 Å². The average molecular weight is 322 g/mol. The van der Waals surface area contributed by atoms with Gasteiger partial charge in [0.1, 0.15) is 5.75 Å². The van der Waals surface area contributed by atoms with E-state index in [1.807, 2.05) is 31.2 Å². The van der Waals surface area contributed by atoms with E-state index in [0.29, 0.717) is 23.1 Å². The second-order valence-corrected chi connectivity index (χ2v) is 7.05. The smallest absolute Gasteiger partial charge is 0.126 e. The molecule has 5 heteroatoms. The molecule has 1 unspecified atom stereocenters. The molecule has 0 radical (unpaired) electrons. The molecule has 0 spiro atoms. The molecule has 0 fully saturated rings. The monoisotopic (exact) mass is 321 g/mol. The largest absolute Gasteiger partial charge is 0.493 e. The van der Waals surface area contributed by atoms with Crippen LogP contribution in [-0.4, -0.2) is 10.8 Å². The van der Waals surface area contributed by atoms with E-state index in [1.54, 1.807) is 6.07 Å². The summed E-state index contributed by atoms with van der Waals surface area (Å²) in [5.41, 5.74) is 9.45. The van der Waals surface area contributed by atoms with Gasteiger partial charge in [-0.15, -0.1) is 0 Å². The lowest BCUT2D eigenvalue weighted by Crippen LogP contribution is -2.00. The molecular formula is C16H16ClNO2S. The minimum Gasteiger partial charge on any atom is -0.493 e. The van der Waals surface area contributed by atoms with E-state index >= 15 is 0 Å². The van der Waals surface area contributed by atoms with E-state index in [9.17, 15) is 4.21 Å². The zero-order valence-electron chi connectivity index (χ0n) is 11.7. The van der Waals surface area contributed by atoms with Crippen LogP contribution >= 0.6 is 11.6 Å². The molecule has 0 saturated carbocycles. The minimum absolute atomic E-state index is 0.395. The molecular weight excluding hydrogens is 306 g/mol. The van der Waals surface area contributed by atoms with Crippen molar-refractivity contribution >= 4 is 28.1 Å². The van der Waals surface area contributed by atoms with Crippen LogP contribution in [-0.2, 0) is 23.0 Å². The van der Waals surface area contributed by atoms with Crippen molar-refractivity contribution in [2.45, 2.75) is 24.0 Å². The fourth-order valence-electron chi connectivity index (χ4n) is 2.47. The molecule has 2 aromatic carbocycles. The van der Waals surface area contributed by atoms with Crippen molar-refractivity contribution in [1.29, 1.82) is 0 Å². The van der Waals surface area contributed by atoms with Crippen LogP contribution in [0.4, 0.5) is 5.69 Å². The van der Waals surface area contributed by atoms with E-state index < -0.39 is 10.8 Å². The Morgan fingerprint density at radius 1 is 1.33 bits per heavy atom. The van der Waals surface area contributed by atoms with Gasteiger partial charge >= 0.3 is 0 Å². The third kappa shape index (κ3) is 2.92. The lowest BCUT2D eigenvalue weighted by Gasteiger charge is -2.10. The van der Waals surface area contributed by atoms with Gasteiger partial charge in [0.25, 0.3) is 0 Å². The Bertz CT molecular complexity index is 730. The summed E-state index contributed by atoms with van der Waals surface area (Å²) in [5.74, 6) is 1.24. The maximum Gasteiger partial charge on any atom is 0.126 e. The standard InChI is InChI=1S/C16H16ClNO2S/c1-10-6-14(2-3-15(10)18)21(19)9-12-8-13(17)7-11-4-5-20-16(11)12/h2-3,6-8H,4-5,9,18H2,1H3. The Kier molecular flexibility index (Phi) is 3.91. The van der Waals surface area contributed by atoms with Crippen molar-refractivity contribution < 1.29 is 8.95 Å². The summed E-state index contributed by atoms with van der Waals surface area (Å²) >= 11 is 6.13. The summed E-state index contributed by atoms with van der Waals surface area (Å²) in [6.45, 7) is 2.58. The molecule has 1 aliphatic heterocycles. The quantitative estimate of drug-likeness (QED) is 0.881. The molecule has 110 valence electrons. The van der Waals surface area contributed by atoms with Crippen LogP contribution < -0.4 is 10.5 Å². The number of nitrogen functional groups attached to an aromatic ring is 1. The summed E-state index contributed by atoms with van der Waals surface area (Å²) in [6, 6.07) is 9.24. The van der Waals surface area contributed by atoms with Crippen LogP contribution in [0.15, 0.2) is 35.2 Å². The SMILES string of the molecule is Cc1cc(S(=O)Cc2cc(Cl)cc3c2OCC3)ccc1N. The van der Waals surface area contributed by atoms with E-state index in [4.69, 9.17) is 22.1 Å². The lowest BCUT2D eigenvalue weighted by atomic mass is 10.1. The molecule has 2 N–H and O–H groups in total. The van der Waals surface area contributed by atoms with Crippen LogP contribution in [0.1, 0.15) is 16.7 Å². The second kappa shape index (κ2) is 5.70. The number of fused-ring (bicyclic) bond motifs is 1. The van der Waals surface area contributed by atoms with E-state index in [1.165, 1.54) is 0 Å². The van der Waals surface area contributed by atoms with Crippen molar-refractivity contribution in [2.75, 3.05) is 12.3 Å². The third-order valence-electron chi connectivity index (χ3n) is 3.62. The number of benzene rings is 2. The number of hydrogen-bond donors (Lipinski definition) is 1. The highest BCUT2D eigenvalue weighted by Crippen LogP contribution is 2.34. The number of hydrogen-bond acceptors (Lipinski definition) is 3. The number of halogens is 1. The Labute approximate surface area is 131 Å². The summed E-state index contributed by atoms with van der Waals surface area (Å²) in [7, 11) is -1.15. The summed E-state index contributed by atoms with van der Waals surface area (Å²) < 4.78 is 18.2. The number of ether oxygens (including phenoxy) is 1. The summed E-state index contributed by atoms with van der Waals surface area (Å²) in [6.07, 6.45) is 0.858. The minimum atomic E-state index is -1.15. The van der Waals surface area contributed by atoms with Crippen LogP contribution in [0.3, 0.4) is 0 Å². The van der Waals surface area contributed by atoms with Gasteiger partial charge in [0, 0.05) is 27.6 Å². The molecule has 0 saturated heterocycles. The topological polar surface area (TPSA) is 52.3 Å². The Morgan fingerprint density at radius 3 is 2.90 bits per heavy atom. The molecule has 0 bridgehead atoms. The normalized spacial score (nSPS) is 14.6. The zero-order chi connectivity index (χ0) is 15.0. The van der Waals surface area contributed by atoms with Crippen LogP contribution in [0.25, 0.3) is 0 Å². The summed E-state index contributed by atoms with van der Waals surface area (Å²) in [5, 5.41) is 0.666. The van der Waals surface area contributed by atoms with Crippen molar-refractivity contribution in [2.24, 2.45) is 0 Å². The van der Waals surface area contributed by atoms with E-state index in [2.05, 4.69) is 0 Å². The Balaban J connectivity index is 1.90. The van der Waals surface area contributed by atoms with Gasteiger partial charge in [-0.25, -0.2) is 0 Å². The molecule has 3 nitrogen and oxygen atoms in total. The van der Waals surface area contributed by atoms with Crippen molar-refractivity contribution in [3.05, 3.63) is 52.0 Å². The third-order valence-corrected chi connectivity index (χ3v) is 5.19. The van der Waals surface area contributed by atoms with Crippen LogP contribution in [0.2, 0.25) is 5.02 Å². The first kappa shape index (κ1) is 14.4. The Hall–Kier alpha value is -1.52. The molecule has 2 aromatic rings. The number of rotatable bonds is 3. The first-order valence-electron chi connectivity index (χ1n) is 6.73. The van der Waals surface area contributed by atoms with Gasteiger partial charge in [0.05, 0.1) is 23.2 Å². The average Bonchev–Trinajstić information content (AvgIpc) is 2.90. The summed E-state index contributed by atoms with van der Waals surface area (Å²) in [4.78, 5) is 0.772. The van der Waals surface area contributed by atoms with Gasteiger partial charge in [0.15, 0.2) is 0 Å². The van der Waals surface area contributed by atoms with Crippen LogP contribution in [0.5, 0.6) is 5.75 Å². The number of aryl methyl sites for hydroxylation is 1. The predicted octanol–water partition coefficient (Wildman–Crippen LogP) is 3.47. The predicted molar refractivity (Wildman–Crippen MR) is 86.4 cm³/mol. The van der Waals surface area contributed by atoms with E-state index in [0.717, 1.165) is 33.8 Å². The van der Waals surface area contributed by atoms with Crippen molar-refractivity contribution in [3.63, 3.8) is 0 Å². The number of nitrogens with two attached hydrogens (primary N) is 1.